The van der Waals surface area contributed by atoms with Crippen molar-refractivity contribution in [1.82, 2.24) is 0 Å². The summed E-state index contributed by atoms with van der Waals surface area (Å²) < 4.78 is 47.3. The van der Waals surface area contributed by atoms with E-state index < -0.39 is 29.1 Å². The van der Waals surface area contributed by atoms with Crippen molar-refractivity contribution in [2.24, 2.45) is 0 Å². The van der Waals surface area contributed by atoms with Gasteiger partial charge in [-0.3, -0.25) is 0 Å². The molecule has 0 bridgehead atoms. The molecular formula is C14H27F2GeO3Zr. The van der Waals surface area contributed by atoms with E-state index in [9.17, 15) is 7.00 Å². The topological polar surface area (TPSA) is 27.7 Å². The van der Waals surface area contributed by atoms with Gasteiger partial charge in [-0.15, -0.1) is 0 Å². The van der Waals surface area contributed by atoms with Crippen molar-refractivity contribution in [3.63, 3.8) is 0 Å². The van der Waals surface area contributed by atoms with Gasteiger partial charge in [-0.25, -0.2) is 0 Å². The summed E-state index contributed by atoms with van der Waals surface area (Å²) in [5.74, 6) is 0. The van der Waals surface area contributed by atoms with Crippen molar-refractivity contribution in [2.45, 2.75) is 46.5 Å². The number of halogens is 2. The maximum absolute atomic E-state index is 14.5. The van der Waals surface area contributed by atoms with Crippen molar-refractivity contribution in [2.75, 3.05) is 19.8 Å². The molecule has 0 N–H and O–H groups in total. The van der Waals surface area contributed by atoms with Gasteiger partial charge < -0.3 is 0 Å². The Kier molecular flexibility index (Phi) is 8.50. The van der Waals surface area contributed by atoms with E-state index in [1.54, 1.807) is 6.08 Å². The second-order valence-electron chi connectivity index (χ2n) is 5.22. The zero-order valence-corrected chi connectivity index (χ0v) is 18.1. The van der Waals surface area contributed by atoms with Crippen LogP contribution in [0, 0.1) is 0 Å². The quantitative estimate of drug-likeness (QED) is 0.447. The molecule has 1 rings (SSSR count). The van der Waals surface area contributed by atoms with Crippen LogP contribution in [0.2, 0.25) is 0 Å². The third kappa shape index (κ3) is 4.14. The van der Waals surface area contributed by atoms with E-state index in [0.717, 1.165) is 0 Å². The third-order valence-electron chi connectivity index (χ3n) is 3.46. The summed E-state index contributed by atoms with van der Waals surface area (Å²) in [5.41, 5.74) is 0. The average Bonchev–Trinajstić information content (AvgIpc) is 3.02. The van der Waals surface area contributed by atoms with Crippen LogP contribution >= 0.6 is 0 Å². The number of rotatable bonds is 11. The molecule has 0 heterocycles. The molecule has 3 nitrogen and oxygen atoms in total. The first-order valence-electron chi connectivity index (χ1n) is 7.79. The molecule has 1 aliphatic carbocycles. The van der Waals surface area contributed by atoms with Gasteiger partial charge in [-0.1, -0.05) is 0 Å². The Hall–Kier alpha value is 0.646. The molecule has 123 valence electrons. The molecule has 1 aliphatic rings. The van der Waals surface area contributed by atoms with Crippen LogP contribution in [0.15, 0.2) is 21.5 Å². The SMILES string of the molecule is CCC[O][Zr]([O]CCC)([O]CCC)([C]1=CC=CC1)[GeH]([F])[F]. The zero-order chi connectivity index (χ0) is 15.8. The molecule has 0 atom stereocenters. The van der Waals surface area contributed by atoms with Crippen molar-refractivity contribution in [3.8, 4) is 0 Å². The molecule has 0 amide bonds. The van der Waals surface area contributed by atoms with Crippen LogP contribution in [-0.4, -0.2) is 31.3 Å². The molecule has 0 fully saturated rings. The van der Waals surface area contributed by atoms with Crippen LogP contribution in [0.1, 0.15) is 46.5 Å². The first-order chi connectivity index (χ1) is 10.1. The molecule has 0 unspecified atom stereocenters. The molecule has 0 aliphatic heterocycles. The molecule has 21 heavy (non-hydrogen) atoms. The normalized spacial score (nSPS) is 17.0. The molecule has 0 spiro atoms. The van der Waals surface area contributed by atoms with Gasteiger partial charge in [0.15, 0.2) is 0 Å². The first kappa shape index (κ1) is 19.7. The van der Waals surface area contributed by atoms with Crippen LogP contribution < -0.4 is 0 Å². The summed E-state index contributed by atoms with van der Waals surface area (Å²) in [6.07, 6.45) is 7.99. The zero-order valence-electron chi connectivity index (χ0n) is 13.2. The molecule has 0 aromatic heterocycles. The molecule has 0 aromatic rings. The summed E-state index contributed by atoms with van der Waals surface area (Å²) in [4.78, 5) is 0. The van der Waals surface area contributed by atoms with Crippen molar-refractivity contribution >= 4 is 11.5 Å². The maximum atomic E-state index is 14.5. The molecule has 7 heteroatoms. The van der Waals surface area contributed by atoms with Crippen molar-refractivity contribution in [1.29, 1.82) is 0 Å². The van der Waals surface area contributed by atoms with E-state index >= 15 is 0 Å². The van der Waals surface area contributed by atoms with Gasteiger partial charge in [0.2, 0.25) is 0 Å². The van der Waals surface area contributed by atoms with Crippen LogP contribution in [-0.2, 0) is 26.0 Å². The van der Waals surface area contributed by atoms with Gasteiger partial charge in [-0.05, 0) is 0 Å². The molecule has 0 saturated heterocycles. The number of hydrogen-bond donors (Lipinski definition) is 0. The Morgan fingerprint density at radius 1 is 1.00 bits per heavy atom. The van der Waals surface area contributed by atoms with Crippen molar-refractivity contribution < 1.29 is 33.0 Å². The van der Waals surface area contributed by atoms with Gasteiger partial charge in [0.25, 0.3) is 0 Å². The third-order valence-corrected chi connectivity index (χ3v) is 34.8. The fourth-order valence-electron chi connectivity index (χ4n) is 2.40. The number of hydrogen-bond acceptors (Lipinski definition) is 3. The summed E-state index contributed by atoms with van der Waals surface area (Å²) >= 11 is -10.3. The second kappa shape index (κ2) is 9.07. The Morgan fingerprint density at radius 3 is 1.76 bits per heavy atom. The summed E-state index contributed by atoms with van der Waals surface area (Å²) in [5, 5.41) is 0. The summed E-state index contributed by atoms with van der Waals surface area (Å²) in [6, 6.07) is 0. The molecule has 0 saturated carbocycles. The van der Waals surface area contributed by atoms with Gasteiger partial charge in [0, 0.05) is 0 Å². The van der Waals surface area contributed by atoms with E-state index in [4.69, 9.17) is 8.44 Å². The minimum absolute atomic E-state index is 0.283. The molecule has 0 radical (unpaired) electrons. The van der Waals surface area contributed by atoms with Gasteiger partial charge >= 0.3 is 132 Å². The van der Waals surface area contributed by atoms with E-state index in [1.807, 2.05) is 32.9 Å². The van der Waals surface area contributed by atoms with E-state index in [0.29, 0.717) is 29.0 Å². The second-order valence-corrected chi connectivity index (χ2v) is 33.3. The standard InChI is InChI=1S/C5H5.3C3H7O.F2GeH.Zr/c1-2-4-5-3-1;3*1-2-3-4;1-3-2;/h1-3H,4H2;3*2-3H2,1H3;3H;/q;3*-1;;+3. The van der Waals surface area contributed by atoms with Gasteiger partial charge in [0.1, 0.15) is 0 Å². The Bertz CT molecular complexity index is 364. The van der Waals surface area contributed by atoms with Gasteiger partial charge in [0.05, 0.1) is 0 Å². The fraction of sp³-hybridized carbons (Fsp3) is 0.714. The predicted molar refractivity (Wildman–Crippen MR) is 79.9 cm³/mol. The number of allylic oxidation sites excluding steroid dienone is 4. The van der Waals surface area contributed by atoms with Crippen molar-refractivity contribution in [3.05, 3.63) is 21.5 Å². The monoisotopic (exact) mass is 445 g/mol. The Labute approximate surface area is 132 Å². The summed E-state index contributed by atoms with van der Waals surface area (Å²) in [6.45, 7) is 6.61. The van der Waals surface area contributed by atoms with Crippen LogP contribution in [0.3, 0.4) is 0 Å². The Balaban J connectivity index is 3.27. The molecular weight excluding hydrogens is 418 g/mol. The predicted octanol–water partition coefficient (Wildman–Crippen LogP) is 4.20. The minimum atomic E-state index is -5.49. The van der Waals surface area contributed by atoms with Crippen LogP contribution in [0.25, 0.3) is 0 Å². The van der Waals surface area contributed by atoms with E-state index in [1.165, 1.54) is 0 Å². The fourth-order valence-corrected chi connectivity index (χ4v) is 27.7. The van der Waals surface area contributed by atoms with E-state index in [-0.39, 0.29) is 19.8 Å². The average molecular weight is 445 g/mol. The summed E-state index contributed by atoms with van der Waals surface area (Å²) in [7, 11) is 0. The molecule has 0 aromatic carbocycles. The van der Waals surface area contributed by atoms with Crippen LogP contribution in [0.5, 0.6) is 0 Å². The Morgan fingerprint density at radius 2 is 1.48 bits per heavy atom. The first-order valence-corrected chi connectivity index (χ1v) is 22.4. The van der Waals surface area contributed by atoms with E-state index in [2.05, 4.69) is 0 Å². The van der Waals surface area contributed by atoms with Crippen LogP contribution in [0.4, 0.5) is 7.00 Å². The van der Waals surface area contributed by atoms with Gasteiger partial charge in [-0.2, -0.15) is 0 Å².